The molecule has 0 aromatic rings. The predicted molar refractivity (Wildman–Crippen MR) is 64.7 cm³/mol. The van der Waals surface area contributed by atoms with Gasteiger partial charge in [0.15, 0.2) is 0 Å². The van der Waals surface area contributed by atoms with Crippen molar-refractivity contribution in [1.82, 2.24) is 0 Å². The molecule has 86 valence electrons. The molecule has 3 fully saturated rings. The quantitative estimate of drug-likeness (QED) is 0.541. The molecule has 0 radical (unpaired) electrons. The molecule has 3 aliphatic carbocycles. The van der Waals surface area contributed by atoms with Gasteiger partial charge in [-0.05, 0) is 61.2 Å². The second kappa shape index (κ2) is 3.50. The van der Waals surface area contributed by atoms with E-state index < -0.39 is 0 Å². The van der Waals surface area contributed by atoms with Gasteiger partial charge in [0.1, 0.15) is 0 Å². The third kappa shape index (κ3) is 1.47. The smallest absolute Gasteiger partial charge is 0.0295 e. The van der Waals surface area contributed by atoms with Crippen LogP contribution in [0.25, 0.3) is 0 Å². The average molecular weight is 206 g/mol. The van der Waals surface area contributed by atoms with Gasteiger partial charge in [-0.2, -0.15) is 0 Å². The van der Waals surface area contributed by atoms with Crippen LogP contribution in [0.5, 0.6) is 0 Å². The largest absolute Gasteiger partial charge is 0.0622 e. The Kier molecular flexibility index (Phi) is 2.37. The molecular weight excluding hydrogens is 180 g/mol. The highest BCUT2D eigenvalue weighted by atomic mass is 14.5. The zero-order valence-electron chi connectivity index (χ0n) is 10.5. The molecule has 2 unspecified atom stereocenters. The molecule has 0 bridgehead atoms. The highest BCUT2D eigenvalue weighted by Crippen LogP contribution is 2.59. The summed E-state index contributed by atoms with van der Waals surface area (Å²) < 4.78 is 0. The van der Waals surface area contributed by atoms with E-state index in [1.54, 1.807) is 25.7 Å². The normalized spacial score (nSPS) is 54.8. The van der Waals surface area contributed by atoms with Crippen molar-refractivity contribution in [3.63, 3.8) is 0 Å². The summed E-state index contributed by atoms with van der Waals surface area (Å²) in [5.41, 5.74) is 0.762. The summed E-state index contributed by atoms with van der Waals surface area (Å²) in [5.74, 6) is 4.37. The minimum Gasteiger partial charge on any atom is -0.0622 e. The first-order chi connectivity index (χ1) is 7.21. The fraction of sp³-hybridized carbons (Fsp3) is 1.00. The van der Waals surface area contributed by atoms with Gasteiger partial charge in [-0.25, -0.2) is 0 Å². The average Bonchev–Trinajstić information content (AvgIpc) is 2.60. The van der Waals surface area contributed by atoms with Crippen LogP contribution >= 0.6 is 0 Å². The minimum absolute atomic E-state index is 0.762. The SMILES string of the molecule is C[C@H]1CCC[C@H]2C1CC[C@@]1(C)CCCC21. The lowest BCUT2D eigenvalue weighted by atomic mass is 9.55. The van der Waals surface area contributed by atoms with Gasteiger partial charge in [0.25, 0.3) is 0 Å². The summed E-state index contributed by atoms with van der Waals surface area (Å²) in [6.07, 6.45) is 12.3. The third-order valence-electron chi connectivity index (χ3n) is 6.20. The maximum atomic E-state index is 2.60. The van der Waals surface area contributed by atoms with Crippen molar-refractivity contribution in [2.75, 3.05) is 0 Å². The van der Waals surface area contributed by atoms with Crippen molar-refractivity contribution in [3.8, 4) is 0 Å². The maximum Gasteiger partial charge on any atom is -0.0295 e. The Morgan fingerprint density at radius 1 is 0.867 bits per heavy atom. The van der Waals surface area contributed by atoms with Gasteiger partial charge < -0.3 is 0 Å². The molecule has 0 N–H and O–H groups in total. The molecule has 0 spiro atoms. The zero-order chi connectivity index (χ0) is 10.5. The van der Waals surface area contributed by atoms with Gasteiger partial charge in [0.05, 0.1) is 0 Å². The number of hydrogen-bond acceptors (Lipinski definition) is 0. The fourth-order valence-corrected chi connectivity index (χ4v) is 5.32. The van der Waals surface area contributed by atoms with Crippen molar-refractivity contribution in [2.45, 2.75) is 65.2 Å². The van der Waals surface area contributed by atoms with E-state index in [4.69, 9.17) is 0 Å². The van der Waals surface area contributed by atoms with Crippen molar-refractivity contribution in [3.05, 3.63) is 0 Å². The molecule has 3 aliphatic rings. The van der Waals surface area contributed by atoms with Crippen molar-refractivity contribution in [2.24, 2.45) is 29.1 Å². The molecule has 0 amide bonds. The highest BCUT2D eigenvalue weighted by molar-refractivity contribution is 5.00. The number of fused-ring (bicyclic) bond motifs is 3. The van der Waals surface area contributed by atoms with E-state index in [0.29, 0.717) is 0 Å². The standard InChI is InChI=1S/C15H26/c1-11-5-3-6-13-12(11)8-10-15(2)9-4-7-14(13)15/h11-14H,3-10H2,1-2H3/t11-,12?,13-,14?,15+/m0/s1. The zero-order valence-corrected chi connectivity index (χ0v) is 10.5. The van der Waals surface area contributed by atoms with Crippen LogP contribution in [-0.4, -0.2) is 0 Å². The Labute approximate surface area is 94.8 Å². The van der Waals surface area contributed by atoms with Crippen LogP contribution in [0.1, 0.15) is 65.2 Å². The lowest BCUT2D eigenvalue weighted by molar-refractivity contribution is -0.00970. The van der Waals surface area contributed by atoms with Crippen LogP contribution in [0, 0.1) is 29.1 Å². The van der Waals surface area contributed by atoms with Gasteiger partial charge >= 0.3 is 0 Å². The van der Waals surface area contributed by atoms with E-state index in [9.17, 15) is 0 Å². The number of rotatable bonds is 0. The Morgan fingerprint density at radius 3 is 2.60 bits per heavy atom. The van der Waals surface area contributed by atoms with Gasteiger partial charge in [-0.3, -0.25) is 0 Å². The molecule has 0 aliphatic heterocycles. The lowest BCUT2D eigenvalue weighted by Crippen LogP contribution is -2.42. The van der Waals surface area contributed by atoms with Crippen LogP contribution < -0.4 is 0 Å². The van der Waals surface area contributed by atoms with E-state index in [1.165, 1.54) is 25.7 Å². The first kappa shape index (κ1) is 10.2. The van der Waals surface area contributed by atoms with Crippen molar-refractivity contribution >= 4 is 0 Å². The fourth-order valence-electron chi connectivity index (χ4n) is 5.32. The topological polar surface area (TPSA) is 0 Å². The van der Waals surface area contributed by atoms with Crippen molar-refractivity contribution < 1.29 is 0 Å². The molecule has 0 nitrogen and oxygen atoms in total. The molecule has 0 aromatic heterocycles. The second-order valence-electron chi connectivity index (χ2n) is 6.93. The van der Waals surface area contributed by atoms with Gasteiger partial charge in [-0.1, -0.05) is 33.1 Å². The van der Waals surface area contributed by atoms with E-state index in [-0.39, 0.29) is 0 Å². The summed E-state index contributed by atoms with van der Waals surface area (Å²) in [6.45, 7) is 5.12. The minimum atomic E-state index is 0.762. The lowest BCUT2D eigenvalue weighted by Gasteiger charge is -2.50. The van der Waals surface area contributed by atoms with Gasteiger partial charge in [0.2, 0.25) is 0 Å². The summed E-state index contributed by atoms with van der Waals surface area (Å²) in [5, 5.41) is 0. The highest BCUT2D eigenvalue weighted by Gasteiger charge is 2.50. The van der Waals surface area contributed by atoms with Crippen LogP contribution in [0.2, 0.25) is 0 Å². The molecule has 0 heterocycles. The Balaban J connectivity index is 1.84. The Morgan fingerprint density at radius 2 is 1.73 bits per heavy atom. The molecule has 0 heteroatoms. The van der Waals surface area contributed by atoms with Gasteiger partial charge in [0, 0.05) is 0 Å². The number of hydrogen-bond donors (Lipinski definition) is 0. The van der Waals surface area contributed by atoms with Gasteiger partial charge in [-0.15, -0.1) is 0 Å². The van der Waals surface area contributed by atoms with E-state index in [2.05, 4.69) is 13.8 Å². The van der Waals surface area contributed by atoms with Crippen LogP contribution in [-0.2, 0) is 0 Å². The van der Waals surface area contributed by atoms with Crippen LogP contribution in [0.15, 0.2) is 0 Å². The molecule has 5 atom stereocenters. The summed E-state index contributed by atoms with van der Waals surface area (Å²) >= 11 is 0. The Hall–Kier alpha value is 0. The van der Waals surface area contributed by atoms with E-state index >= 15 is 0 Å². The molecule has 15 heavy (non-hydrogen) atoms. The molecule has 0 saturated heterocycles. The van der Waals surface area contributed by atoms with Crippen LogP contribution in [0.4, 0.5) is 0 Å². The second-order valence-corrected chi connectivity index (χ2v) is 6.93. The summed E-state index contributed by atoms with van der Waals surface area (Å²) in [6, 6.07) is 0. The predicted octanol–water partition coefficient (Wildman–Crippen LogP) is 4.64. The van der Waals surface area contributed by atoms with E-state index in [1.807, 2.05) is 0 Å². The third-order valence-corrected chi connectivity index (χ3v) is 6.20. The summed E-state index contributed by atoms with van der Waals surface area (Å²) in [7, 11) is 0. The van der Waals surface area contributed by atoms with E-state index in [0.717, 1.165) is 29.1 Å². The molecule has 0 aromatic carbocycles. The molecule has 3 rings (SSSR count). The first-order valence-electron chi connectivity index (χ1n) is 7.21. The molecular formula is C15H26. The maximum absolute atomic E-state index is 2.60. The van der Waals surface area contributed by atoms with Crippen molar-refractivity contribution in [1.29, 1.82) is 0 Å². The monoisotopic (exact) mass is 206 g/mol. The van der Waals surface area contributed by atoms with Crippen LogP contribution in [0.3, 0.4) is 0 Å². The first-order valence-corrected chi connectivity index (χ1v) is 7.21. The Bertz CT molecular complexity index is 244. The summed E-state index contributed by atoms with van der Waals surface area (Å²) in [4.78, 5) is 0. The molecule has 3 saturated carbocycles.